The Kier molecular flexibility index (Phi) is 1.71. The maximum atomic E-state index is 11.5. The third kappa shape index (κ3) is 1.40. The molecular weight excluding hydrogens is 152 g/mol. The smallest absolute Gasteiger partial charge is 0.181 e. The van der Waals surface area contributed by atoms with Gasteiger partial charge in [-0.05, 0) is 24.8 Å². The first-order valence-corrected chi connectivity index (χ1v) is 4.28. The first kappa shape index (κ1) is 7.53. The van der Waals surface area contributed by atoms with Crippen LogP contribution in [0.3, 0.4) is 0 Å². The zero-order valence-corrected chi connectivity index (χ0v) is 7.16. The van der Waals surface area contributed by atoms with Gasteiger partial charge in [-0.15, -0.1) is 0 Å². The van der Waals surface area contributed by atoms with Crippen LogP contribution in [0, 0.1) is 5.92 Å². The van der Waals surface area contributed by atoms with E-state index in [0.29, 0.717) is 12.3 Å². The molecule has 64 valence electrons. The van der Waals surface area contributed by atoms with E-state index >= 15 is 0 Å². The molecule has 0 atom stereocenters. The second-order valence-corrected chi connectivity index (χ2v) is 3.41. The molecule has 0 unspecified atom stereocenters. The van der Waals surface area contributed by atoms with Crippen molar-refractivity contribution in [3.63, 3.8) is 0 Å². The number of carbonyl (C=O) groups excluding carboxylic acids is 1. The average molecular weight is 164 g/mol. The molecule has 1 saturated carbocycles. The summed E-state index contributed by atoms with van der Waals surface area (Å²) in [5, 5.41) is 3.96. The number of Topliss-reactive ketones (excluding diaryl/α,β-unsaturated/α-hetero) is 1. The van der Waals surface area contributed by atoms with Gasteiger partial charge in [0, 0.05) is 19.7 Å². The van der Waals surface area contributed by atoms with E-state index < -0.39 is 0 Å². The zero-order chi connectivity index (χ0) is 8.55. The van der Waals surface area contributed by atoms with Gasteiger partial charge in [-0.25, -0.2) is 0 Å². The molecule has 3 nitrogen and oxygen atoms in total. The number of nitrogens with zero attached hydrogens (tertiary/aromatic N) is 2. The van der Waals surface area contributed by atoms with Gasteiger partial charge >= 0.3 is 0 Å². The molecule has 0 amide bonds. The Balaban J connectivity index is 2.07. The van der Waals surface area contributed by atoms with Gasteiger partial charge in [-0.1, -0.05) is 0 Å². The van der Waals surface area contributed by atoms with Crippen molar-refractivity contribution in [2.45, 2.75) is 19.3 Å². The van der Waals surface area contributed by atoms with E-state index in [9.17, 15) is 4.79 Å². The third-order valence-electron chi connectivity index (χ3n) is 2.28. The fourth-order valence-electron chi connectivity index (χ4n) is 1.34. The maximum absolute atomic E-state index is 11.5. The molecule has 0 aliphatic heterocycles. The Bertz CT molecular complexity index is 299. The van der Waals surface area contributed by atoms with Crippen LogP contribution in [-0.4, -0.2) is 15.6 Å². The minimum atomic E-state index is 0.234. The number of hydrogen-bond acceptors (Lipinski definition) is 2. The summed E-state index contributed by atoms with van der Waals surface area (Å²) in [5.41, 5.74) is 0.738. The molecule has 2 rings (SSSR count). The molecule has 1 aliphatic carbocycles. The van der Waals surface area contributed by atoms with Gasteiger partial charge in [0.1, 0.15) is 5.69 Å². The van der Waals surface area contributed by atoms with Crippen molar-refractivity contribution in [3.8, 4) is 0 Å². The van der Waals surface area contributed by atoms with Gasteiger partial charge in [-0.2, -0.15) is 5.10 Å². The molecule has 0 bridgehead atoms. The van der Waals surface area contributed by atoms with Crippen LogP contribution in [-0.2, 0) is 7.05 Å². The zero-order valence-electron chi connectivity index (χ0n) is 7.16. The number of aryl methyl sites for hydroxylation is 1. The van der Waals surface area contributed by atoms with E-state index in [2.05, 4.69) is 5.10 Å². The Morgan fingerprint density at radius 3 is 3.00 bits per heavy atom. The lowest BCUT2D eigenvalue weighted by Gasteiger charge is -1.98. The molecule has 1 aliphatic rings. The second kappa shape index (κ2) is 2.73. The van der Waals surface area contributed by atoms with E-state index in [1.807, 2.05) is 0 Å². The molecule has 1 heterocycles. The van der Waals surface area contributed by atoms with Crippen LogP contribution in [0.25, 0.3) is 0 Å². The van der Waals surface area contributed by atoms with Gasteiger partial charge in [0.25, 0.3) is 0 Å². The molecular formula is C9H12N2O. The summed E-state index contributed by atoms with van der Waals surface area (Å²) in [6.07, 6.45) is 4.83. The fraction of sp³-hybridized carbons (Fsp3) is 0.556. The molecule has 0 spiro atoms. The highest BCUT2D eigenvalue weighted by Crippen LogP contribution is 2.33. The Hall–Kier alpha value is -1.12. The van der Waals surface area contributed by atoms with Crippen LogP contribution in [0.2, 0.25) is 0 Å². The van der Waals surface area contributed by atoms with Crippen molar-refractivity contribution in [2.24, 2.45) is 13.0 Å². The number of hydrogen-bond donors (Lipinski definition) is 0. The summed E-state index contributed by atoms with van der Waals surface area (Å²) in [7, 11) is 1.81. The quantitative estimate of drug-likeness (QED) is 0.633. The number of rotatable bonds is 3. The highest BCUT2D eigenvalue weighted by atomic mass is 16.1. The summed E-state index contributed by atoms with van der Waals surface area (Å²) >= 11 is 0. The minimum Gasteiger partial charge on any atom is -0.292 e. The lowest BCUT2D eigenvalue weighted by molar-refractivity contribution is 0.0967. The monoisotopic (exact) mass is 164 g/mol. The van der Waals surface area contributed by atoms with Crippen molar-refractivity contribution in [1.29, 1.82) is 0 Å². The molecule has 0 N–H and O–H groups in total. The van der Waals surface area contributed by atoms with Gasteiger partial charge in [-0.3, -0.25) is 9.48 Å². The standard InChI is InChI=1S/C9H12N2O/c1-11-8(4-5-10-11)9(12)6-7-2-3-7/h4-5,7H,2-3,6H2,1H3. The largest absolute Gasteiger partial charge is 0.292 e. The summed E-state index contributed by atoms with van der Waals surface area (Å²) < 4.78 is 1.64. The van der Waals surface area contributed by atoms with Crippen LogP contribution in [0.1, 0.15) is 29.8 Å². The molecule has 0 aromatic carbocycles. The highest BCUT2D eigenvalue weighted by molar-refractivity contribution is 5.94. The number of ketones is 1. The lowest BCUT2D eigenvalue weighted by atomic mass is 10.1. The molecule has 1 aromatic rings. The summed E-state index contributed by atoms with van der Waals surface area (Å²) in [6.45, 7) is 0. The van der Waals surface area contributed by atoms with E-state index in [1.165, 1.54) is 12.8 Å². The van der Waals surface area contributed by atoms with Gasteiger partial charge in [0.2, 0.25) is 0 Å². The van der Waals surface area contributed by atoms with Crippen LogP contribution in [0.5, 0.6) is 0 Å². The summed E-state index contributed by atoms with van der Waals surface area (Å²) in [6, 6.07) is 1.78. The predicted molar refractivity (Wildman–Crippen MR) is 44.9 cm³/mol. The Morgan fingerprint density at radius 2 is 2.50 bits per heavy atom. The topological polar surface area (TPSA) is 34.9 Å². The highest BCUT2D eigenvalue weighted by Gasteiger charge is 2.25. The predicted octanol–water partition coefficient (Wildman–Crippen LogP) is 1.40. The minimum absolute atomic E-state index is 0.234. The maximum Gasteiger partial charge on any atom is 0.181 e. The van der Waals surface area contributed by atoms with E-state index in [1.54, 1.807) is 24.0 Å². The van der Waals surface area contributed by atoms with Crippen molar-refractivity contribution in [1.82, 2.24) is 9.78 Å². The van der Waals surface area contributed by atoms with Crippen LogP contribution in [0.4, 0.5) is 0 Å². The molecule has 3 heteroatoms. The van der Waals surface area contributed by atoms with Crippen LogP contribution in [0.15, 0.2) is 12.3 Å². The summed E-state index contributed by atoms with van der Waals surface area (Å²) in [4.78, 5) is 11.5. The normalized spacial score (nSPS) is 16.4. The van der Waals surface area contributed by atoms with E-state index in [4.69, 9.17) is 0 Å². The van der Waals surface area contributed by atoms with Gasteiger partial charge in [0.05, 0.1) is 0 Å². The fourth-order valence-corrected chi connectivity index (χ4v) is 1.34. The SMILES string of the molecule is Cn1nccc1C(=O)CC1CC1. The van der Waals surface area contributed by atoms with Gasteiger partial charge < -0.3 is 0 Å². The van der Waals surface area contributed by atoms with Gasteiger partial charge in [0.15, 0.2) is 5.78 Å². The first-order chi connectivity index (χ1) is 5.77. The number of aromatic nitrogens is 2. The Labute approximate surface area is 71.4 Å². The Morgan fingerprint density at radius 1 is 1.75 bits per heavy atom. The van der Waals surface area contributed by atoms with Crippen LogP contribution < -0.4 is 0 Å². The van der Waals surface area contributed by atoms with Crippen LogP contribution >= 0.6 is 0 Å². The molecule has 0 saturated heterocycles. The first-order valence-electron chi connectivity index (χ1n) is 4.28. The number of carbonyl (C=O) groups is 1. The van der Waals surface area contributed by atoms with Crippen molar-refractivity contribution in [3.05, 3.63) is 18.0 Å². The second-order valence-electron chi connectivity index (χ2n) is 3.41. The van der Waals surface area contributed by atoms with E-state index in [-0.39, 0.29) is 5.78 Å². The molecule has 0 radical (unpaired) electrons. The van der Waals surface area contributed by atoms with Crippen molar-refractivity contribution in [2.75, 3.05) is 0 Å². The average Bonchev–Trinajstić information content (AvgIpc) is 2.72. The molecule has 1 fully saturated rings. The van der Waals surface area contributed by atoms with Crippen molar-refractivity contribution < 1.29 is 4.79 Å². The third-order valence-corrected chi connectivity index (χ3v) is 2.28. The van der Waals surface area contributed by atoms with Crippen molar-refractivity contribution >= 4 is 5.78 Å². The summed E-state index contributed by atoms with van der Waals surface area (Å²) in [5.74, 6) is 0.893. The lowest BCUT2D eigenvalue weighted by Crippen LogP contribution is -2.07. The molecule has 1 aromatic heterocycles. The van der Waals surface area contributed by atoms with E-state index in [0.717, 1.165) is 5.69 Å². The molecule has 12 heavy (non-hydrogen) atoms.